The van der Waals surface area contributed by atoms with E-state index in [1.54, 1.807) is 17.8 Å². The maximum absolute atomic E-state index is 10.6. The van der Waals surface area contributed by atoms with Gasteiger partial charge < -0.3 is 14.6 Å². The van der Waals surface area contributed by atoms with Gasteiger partial charge in [0.1, 0.15) is 10.4 Å². The first kappa shape index (κ1) is 16.2. The molecule has 24 heavy (non-hydrogen) atoms. The summed E-state index contributed by atoms with van der Waals surface area (Å²) >= 11 is 1.61. The molecule has 0 bridgehead atoms. The van der Waals surface area contributed by atoms with E-state index in [4.69, 9.17) is 14.6 Å². The Kier molecular flexibility index (Phi) is 4.90. The Balaban J connectivity index is 1.73. The van der Waals surface area contributed by atoms with Crippen molar-refractivity contribution in [1.29, 1.82) is 0 Å². The second kappa shape index (κ2) is 7.27. The molecule has 0 saturated heterocycles. The first-order valence-corrected chi connectivity index (χ1v) is 8.13. The monoisotopic (exact) mass is 344 g/mol. The third-order valence-corrected chi connectivity index (χ3v) is 4.54. The van der Waals surface area contributed by atoms with Crippen molar-refractivity contribution in [1.82, 2.24) is 5.43 Å². The summed E-state index contributed by atoms with van der Waals surface area (Å²) in [4.78, 5) is 10.6. The summed E-state index contributed by atoms with van der Waals surface area (Å²) in [5.74, 6) is -0.143. The molecule has 1 unspecified atom stereocenters. The molecule has 7 heteroatoms. The van der Waals surface area contributed by atoms with Crippen LogP contribution in [-0.2, 0) is 4.79 Å². The van der Waals surface area contributed by atoms with Crippen LogP contribution in [0.15, 0.2) is 53.6 Å². The van der Waals surface area contributed by atoms with Crippen LogP contribution in [0.2, 0.25) is 0 Å². The van der Waals surface area contributed by atoms with Gasteiger partial charge in [-0.3, -0.25) is 5.43 Å². The topological polar surface area (TPSA) is 80.1 Å². The first-order valence-electron chi connectivity index (χ1n) is 7.25. The smallest absolute Gasteiger partial charge is 0.341 e. The van der Waals surface area contributed by atoms with Crippen LogP contribution in [0.25, 0.3) is 0 Å². The molecular formula is C17H16N2O4S. The van der Waals surface area contributed by atoms with Crippen LogP contribution in [0.1, 0.15) is 16.5 Å². The highest BCUT2D eigenvalue weighted by atomic mass is 32.2. The Morgan fingerprint density at radius 1 is 1.25 bits per heavy atom. The van der Waals surface area contributed by atoms with Crippen molar-refractivity contribution in [2.75, 3.05) is 13.7 Å². The Morgan fingerprint density at radius 3 is 2.75 bits per heavy atom. The number of thioether (sulfide) groups is 1. The lowest BCUT2D eigenvalue weighted by atomic mass is 10.2. The van der Waals surface area contributed by atoms with Crippen molar-refractivity contribution in [2.24, 2.45) is 5.10 Å². The van der Waals surface area contributed by atoms with Crippen LogP contribution in [-0.4, -0.2) is 29.8 Å². The minimum absolute atomic E-state index is 0.0392. The van der Waals surface area contributed by atoms with E-state index in [0.717, 1.165) is 16.2 Å². The standard InChI is InChI=1S/C17H16N2O4S/c1-22-14-9-12(7-8-13(14)23-10-15(20)21)17-19-18-16(24-17)11-5-3-2-4-6-11/h2-9,17,19H,10H2,1H3,(H,20,21). The van der Waals surface area contributed by atoms with Crippen LogP contribution in [0.5, 0.6) is 11.5 Å². The predicted molar refractivity (Wildman–Crippen MR) is 92.6 cm³/mol. The fourth-order valence-electron chi connectivity index (χ4n) is 2.24. The Labute approximate surface area is 143 Å². The van der Waals surface area contributed by atoms with Gasteiger partial charge in [-0.2, -0.15) is 5.10 Å². The van der Waals surface area contributed by atoms with Gasteiger partial charge >= 0.3 is 5.97 Å². The maximum atomic E-state index is 10.6. The molecule has 2 aromatic carbocycles. The van der Waals surface area contributed by atoms with Gasteiger partial charge in [0.25, 0.3) is 0 Å². The maximum Gasteiger partial charge on any atom is 0.341 e. The molecule has 1 heterocycles. The van der Waals surface area contributed by atoms with Gasteiger partial charge in [-0.05, 0) is 17.7 Å². The molecule has 6 nitrogen and oxygen atoms in total. The average Bonchev–Trinajstić information content (AvgIpc) is 3.10. The summed E-state index contributed by atoms with van der Waals surface area (Å²) in [6.07, 6.45) is 0. The number of rotatable bonds is 6. The Hall–Kier alpha value is -2.67. The lowest BCUT2D eigenvalue weighted by Crippen LogP contribution is -2.11. The van der Waals surface area contributed by atoms with Crippen LogP contribution >= 0.6 is 11.8 Å². The molecular weight excluding hydrogens is 328 g/mol. The molecule has 2 N–H and O–H groups in total. The van der Waals surface area contributed by atoms with Crippen LogP contribution < -0.4 is 14.9 Å². The van der Waals surface area contributed by atoms with Gasteiger partial charge in [0.05, 0.1) is 7.11 Å². The fourth-order valence-corrected chi connectivity index (χ4v) is 3.23. The third-order valence-electron chi connectivity index (χ3n) is 3.38. The molecule has 0 amide bonds. The number of benzene rings is 2. The van der Waals surface area contributed by atoms with Gasteiger partial charge in [-0.15, -0.1) is 0 Å². The summed E-state index contributed by atoms with van der Waals surface area (Å²) < 4.78 is 10.5. The number of hydrogen-bond acceptors (Lipinski definition) is 6. The molecule has 0 fully saturated rings. The van der Waals surface area contributed by atoms with Crippen LogP contribution in [0.3, 0.4) is 0 Å². The van der Waals surface area contributed by atoms with Gasteiger partial charge in [0, 0.05) is 5.56 Å². The van der Waals surface area contributed by atoms with E-state index in [1.165, 1.54) is 7.11 Å². The van der Waals surface area contributed by atoms with E-state index in [-0.39, 0.29) is 5.37 Å². The second-order valence-corrected chi connectivity index (χ2v) is 6.10. The van der Waals surface area contributed by atoms with E-state index in [0.29, 0.717) is 11.5 Å². The molecule has 0 aliphatic carbocycles. The highest BCUT2D eigenvalue weighted by Gasteiger charge is 2.23. The van der Waals surface area contributed by atoms with Crippen molar-refractivity contribution in [3.8, 4) is 11.5 Å². The number of carbonyl (C=O) groups is 1. The molecule has 0 radical (unpaired) electrons. The number of methoxy groups -OCH3 is 1. The zero-order valence-corrected chi connectivity index (χ0v) is 13.7. The van der Waals surface area contributed by atoms with E-state index in [2.05, 4.69) is 10.5 Å². The first-order chi connectivity index (χ1) is 11.7. The SMILES string of the molecule is COc1cc(C2NN=C(c3ccccc3)S2)ccc1OCC(=O)O. The lowest BCUT2D eigenvalue weighted by molar-refractivity contribution is -0.139. The van der Waals surface area contributed by atoms with E-state index in [1.807, 2.05) is 42.5 Å². The Bertz CT molecular complexity index is 764. The quantitative estimate of drug-likeness (QED) is 0.839. The molecule has 1 atom stereocenters. The normalized spacial score (nSPS) is 16.2. The zero-order chi connectivity index (χ0) is 16.9. The minimum Gasteiger partial charge on any atom is -0.493 e. The van der Waals surface area contributed by atoms with Crippen LogP contribution in [0, 0.1) is 0 Å². The lowest BCUT2D eigenvalue weighted by Gasteiger charge is -2.14. The van der Waals surface area contributed by atoms with Crippen molar-refractivity contribution in [3.63, 3.8) is 0 Å². The van der Waals surface area contributed by atoms with Gasteiger partial charge in [0.2, 0.25) is 0 Å². The molecule has 2 aromatic rings. The number of ether oxygens (including phenoxy) is 2. The van der Waals surface area contributed by atoms with Crippen molar-refractivity contribution in [2.45, 2.75) is 5.37 Å². The Morgan fingerprint density at radius 2 is 2.04 bits per heavy atom. The zero-order valence-electron chi connectivity index (χ0n) is 12.9. The largest absolute Gasteiger partial charge is 0.493 e. The van der Waals surface area contributed by atoms with Crippen LogP contribution in [0.4, 0.5) is 0 Å². The average molecular weight is 344 g/mol. The number of nitrogens with zero attached hydrogens (tertiary/aromatic N) is 1. The van der Waals surface area contributed by atoms with E-state index in [9.17, 15) is 4.79 Å². The highest BCUT2D eigenvalue weighted by molar-refractivity contribution is 8.14. The molecule has 124 valence electrons. The summed E-state index contributed by atoms with van der Waals surface area (Å²) in [7, 11) is 1.52. The fraction of sp³-hybridized carbons (Fsp3) is 0.176. The summed E-state index contributed by atoms with van der Waals surface area (Å²) in [6, 6.07) is 15.3. The van der Waals surface area contributed by atoms with Gasteiger partial charge in [-0.25, -0.2) is 4.79 Å². The molecule has 0 spiro atoms. The molecule has 1 aliphatic rings. The summed E-state index contributed by atoms with van der Waals surface area (Å²) in [5.41, 5.74) is 5.13. The van der Waals surface area contributed by atoms with Crippen molar-refractivity contribution < 1.29 is 19.4 Å². The van der Waals surface area contributed by atoms with Crippen molar-refractivity contribution >= 4 is 22.8 Å². The number of aliphatic carboxylic acids is 1. The predicted octanol–water partition coefficient (Wildman–Crippen LogP) is 2.86. The summed E-state index contributed by atoms with van der Waals surface area (Å²) in [6.45, 7) is -0.409. The van der Waals surface area contributed by atoms with E-state index < -0.39 is 12.6 Å². The number of carboxylic acids is 1. The number of hydrogen-bond donors (Lipinski definition) is 2. The van der Waals surface area contributed by atoms with E-state index >= 15 is 0 Å². The van der Waals surface area contributed by atoms with Crippen molar-refractivity contribution in [3.05, 3.63) is 59.7 Å². The number of carboxylic acid groups (broad SMARTS) is 1. The number of nitrogens with one attached hydrogen (secondary N) is 1. The molecule has 3 rings (SSSR count). The minimum atomic E-state index is -1.03. The summed E-state index contributed by atoms with van der Waals surface area (Å²) in [5, 5.41) is 14.0. The molecule has 1 aliphatic heterocycles. The molecule has 0 saturated carbocycles. The van der Waals surface area contributed by atoms with Gasteiger partial charge in [0.15, 0.2) is 18.1 Å². The second-order valence-electron chi connectivity index (χ2n) is 5.00. The number of hydrazone groups is 1. The van der Waals surface area contributed by atoms with Gasteiger partial charge in [-0.1, -0.05) is 48.2 Å². The molecule has 0 aromatic heterocycles. The highest BCUT2D eigenvalue weighted by Crippen LogP contribution is 2.38. The third kappa shape index (κ3) is 3.62.